The number of aliphatic hydroxyl groups excluding tert-OH is 3. The fraction of sp³-hybridized carbons (Fsp3) is 0.500. The van der Waals surface area contributed by atoms with Gasteiger partial charge in [-0.3, -0.25) is 19.3 Å². The van der Waals surface area contributed by atoms with Gasteiger partial charge in [0.2, 0.25) is 0 Å². The predicted octanol–water partition coefficient (Wildman–Crippen LogP) is -2.98. The van der Waals surface area contributed by atoms with Crippen LogP contribution in [0.3, 0.4) is 0 Å². The van der Waals surface area contributed by atoms with Crippen molar-refractivity contribution in [3.05, 3.63) is 27.2 Å². The first-order valence-electron chi connectivity index (χ1n) is 5.84. The molecule has 1 aliphatic heterocycles. The molecule has 0 radical (unpaired) electrons. The molecule has 20 heavy (non-hydrogen) atoms. The zero-order valence-electron chi connectivity index (χ0n) is 10.1. The van der Waals surface area contributed by atoms with Gasteiger partial charge in [-0.05, 0) is 0 Å². The molecule has 10 heteroatoms. The van der Waals surface area contributed by atoms with E-state index in [4.69, 9.17) is 9.84 Å². The zero-order chi connectivity index (χ0) is 14.4. The van der Waals surface area contributed by atoms with Crippen molar-refractivity contribution in [1.82, 2.24) is 19.5 Å². The highest BCUT2D eigenvalue weighted by molar-refractivity contribution is 5.68. The second kappa shape index (κ2) is 4.52. The van der Waals surface area contributed by atoms with Crippen LogP contribution in [0.2, 0.25) is 0 Å². The standard InChI is InChI=1S/C10H12N4O6/c15-1-3-5(16)6(17)9(20-3)14-2-11-4-7(14)12-10(19)13-8(4)18/h2-3,5-6,9,15-17H,1H2,(H2,12,13,18,19)/t3-,5-,6+,9-/m1/s1. The van der Waals surface area contributed by atoms with E-state index in [0.29, 0.717) is 0 Å². The second-order valence-electron chi connectivity index (χ2n) is 4.49. The highest BCUT2D eigenvalue weighted by Crippen LogP contribution is 2.30. The highest BCUT2D eigenvalue weighted by atomic mass is 16.6. The highest BCUT2D eigenvalue weighted by Gasteiger charge is 2.43. The number of nitrogens with one attached hydrogen (secondary N) is 2. The minimum Gasteiger partial charge on any atom is -0.394 e. The molecule has 0 aromatic carbocycles. The molecule has 0 aliphatic carbocycles. The number of hydrogen-bond donors (Lipinski definition) is 5. The summed E-state index contributed by atoms with van der Waals surface area (Å²) in [6, 6.07) is 0. The van der Waals surface area contributed by atoms with E-state index in [-0.39, 0.29) is 11.2 Å². The largest absolute Gasteiger partial charge is 0.394 e. The molecule has 3 rings (SSSR count). The van der Waals surface area contributed by atoms with Gasteiger partial charge in [0.15, 0.2) is 11.7 Å². The van der Waals surface area contributed by atoms with E-state index in [1.807, 2.05) is 4.98 Å². The van der Waals surface area contributed by atoms with Crippen molar-refractivity contribution in [2.45, 2.75) is 24.5 Å². The van der Waals surface area contributed by atoms with Crippen molar-refractivity contribution in [3.63, 3.8) is 0 Å². The molecule has 0 saturated carbocycles. The summed E-state index contributed by atoms with van der Waals surface area (Å²) >= 11 is 0. The van der Waals surface area contributed by atoms with Gasteiger partial charge in [0.05, 0.1) is 12.9 Å². The van der Waals surface area contributed by atoms with Crippen molar-refractivity contribution >= 4 is 11.2 Å². The normalized spacial score (nSPS) is 30.1. The third-order valence-corrected chi connectivity index (χ3v) is 3.26. The maximum atomic E-state index is 11.6. The summed E-state index contributed by atoms with van der Waals surface area (Å²) in [6.45, 7) is -0.474. The van der Waals surface area contributed by atoms with Gasteiger partial charge < -0.3 is 20.1 Å². The van der Waals surface area contributed by atoms with Crippen molar-refractivity contribution in [3.8, 4) is 0 Å². The molecule has 0 spiro atoms. The van der Waals surface area contributed by atoms with Gasteiger partial charge in [-0.1, -0.05) is 0 Å². The van der Waals surface area contributed by atoms with Crippen LogP contribution in [0, 0.1) is 0 Å². The molecule has 1 saturated heterocycles. The van der Waals surface area contributed by atoms with Gasteiger partial charge in [0.1, 0.15) is 24.0 Å². The topological polar surface area (TPSA) is 153 Å². The Hall–Kier alpha value is -2.01. The number of aromatic nitrogens is 4. The Bertz CT molecular complexity index is 748. The summed E-state index contributed by atoms with van der Waals surface area (Å²) in [6.07, 6.45) is -3.43. The second-order valence-corrected chi connectivity index (χ2v) is 4.49. The van der Waals surface area contributed by atoms with Crippen LogP contribution in [0.5, 0.6) is 0 Å². The van der Waals surface area contributed by atoms with Gasteiger partial charge >= 0.3 is 5.69 Å². The first-order valence-corrected chi connectivity index (χ1v) is 5.84. The molecule has 1 aliphatic rings. The van der Waals surface area contributed by atoms with Crippen LogP contribution < -0.4 is 11.2 Å². The van der Waals surface area contributed by atoms with Crippen molar-refractivity contribution in [2.75, 3.05) is 6.61 Å². The van der Waals surface area contributed by atoms with Crippen molar-refractivity contribution in [1.29, 1.82) is 0 Å². The molecule has 2 aromatic heterocycles. The smallest absolute Gasteiger partial charge is 0.327 e. The quantitative estimate of drug-likeness (QED) is 0.394. The molecule has 2 aromatic rings. The Labute approximate surface area is 110 Å². The summed E-state index contributed by atoms with van der Waals surface area (Å²) in [4.78, 5) is 31.1. The summed E-state index contributed by atoms with van der Waals surface area (Å²) in [5.41, 5.74) is -1.36. The molecule has 5 N–H and O–H groups in total. The lowest BCUT2D eigenvalue weighted by Gasteiger charge is -2.16. The number of nitrogens with zero attached hydrogens (tertiary/aromatic N) is 2. The fourth-order valence-electron chi connectivity index (χ4n) is 2.25. The monoisotopic (exact) mass is 284 g/mol. The molecular weight excluding hydrogens is 272 g/mol. The van der Waals surface area contributed by atoms with Crippen LogP contribution in [0.15, 0.2) is 15.9 Å². The number of ether oxygens (including phenoxy) is 1. The lowest BCUT2D eigenvalue weighted by molar-refractivity contribution is -0.0511. The van der Waals surface area contributed by atoms with Gasteiger partial charge in [-0.25, -0.2) is 9.78 Å². The van der Waals surface area contributed by atoms with Gasteiger partial charge in [-0.15, -0.1) is 0 Å². The number of H-pyrrole nitrogens is 2. The fourth-order valence-corrected chi connectivity index (χ4v) is 2.25. The summed E-state index contributed by atoms with van der Waals surface area (Å²) in [5, 5.41) is 28.7. The molecule has 0 unspecified atom stereocenters. The first kappa shape index (κ1) is 13.0. The Kier molecular flexibility index (Phi) is 2.94. The van der Waals surface area contributed by atoms with Crippen molar-refractivity contribution in [2.24, 2.45) is 0 Å². The summed E-state index contributed by atoms with van der Waals surface area (Å²) in [7, 11) is 0. The molecule has 0 amide bonds. The molecule has 10 nitrogen and oxygen atoms in total. The first-order chi connectivity index (χ1) is 9.52. The van der Waals surface area contributed by atoms with E-state index in [0.717, 1.165) is 0 Å². The van der Waals surface area contributed by atoms with E-state index in [2.05, 4.69) is 9.97 Å². The third-order valence-electron chi connectivity index (χ3n) is 3.26. The average Bonchev–Trinajstić information content (AvgIpc) is 2.93. The molecular formula is C10H12N4O6. The number of fused-ring (bicyclic) bond motifs is 1. The lowest BCUT2D eigenvalue weighted by atomic mass is 10.1. The summed E-state index contributed by atoms with van der Waals surface area (Å²) < 4.78 is 6.54. The van der Waals surface area contributed by atoms with Crippen LogP contribution in [-0.4, -0.2) is 59.8 Å². The predicted molar refractivity (Wildman–Crippen MR) is 64.0 cm³/mol. The van der Waals surface area contributed by atoms with E-state index < -0.39 is 42.4 Å². The maximum absolute atomic E-state index is 11.6. The number of hydrogen-bond acceptors (Lipinski definition) is 7. The minimum atomic E-state index is -1.33. The lowest BCUT2D eigenvalue weighted by Crippen LogP contribution is -2.33. The van der Waals surface area contributed by atoms with Gasteiger partial charge in [0.25, 0.3) is 5.56 Å². The van der Waals surface area contributed by atoms with Crippen LogP contribution in [-0.2, 0) is 4.74 Å². The maximum Gasteiger partial charge on any atom is 0.327 e. The van der Waals surface area contributed by atoms with E-state index in [1.54, 1.807) is 0 Å². The van der Waals surface area contributed by atoms with Crippen LogP contribution in [0.25, 0.3) is 11.2 Å². The molecule has 4 atom stereocenters. The molecule has 3 heterocycles. The molecule has 0 bridgehead atoms. The molecule has 1 fully saturated rings. The number of rotatable bonds is 2. The van der Waals surface area contributed by atoms with Crippen LogP contribution in [0.4, 0.5) is 0 Å². The zero-order valence-corrected chi connectivity index (χ0v) is 10.1. The number of imidazole rings is 1. The van der Waals surface area contributed by atoms with Crippen LogP contribution in [0.1, 0.15) is 6.23 Å². The third kappa shape index (κ3) is 1.78. The van der Waals surface area contributed by atoms with Gasteiger partial charge in [-0.2, -0.15) is 0 Å². The van der Waals surface area contributed by atoms with E-state index in [9.17, 15) is 19.8 Å². The Morgan fingerprint density at radius 1 is 1.30 bits per heavy atom. The number of aliphatic hydroxyl groups is 3. The van der Waals surface area contributed by atoms with E-state index in [1.165, 1.54) is 10.9 Å². The van der Waals surface area contributed by atoms with Crippen molar-refractivity contribution < 1.29 is 20.1 Å². The van der Waals surface area contributed by atoms with Gasteiger partial charge in [0, 0.05) is 0 Å². The van der Waals surface area contributed by atoms with Crippen LogP contribution >= 0.6 is 0 Å². The Balaban J connectivity index is 2.12. The minimum absolute atomic E-state index is 0.0256. The SMILES string of the molecule is O=c1[nH]c(=O)c2ncn([C@@H]3O[C@H](CO)[C@@H](O)[C@@H]3O)c2[nH]1. The number of aromatic amines is 2. The Morgan fingerprint density at radius 2 is 2.05 bits per heavy atom. The summed E-state index contributed by atoms with van der Waals surface area (Å²) in [5.74, 6) is 0. The molecule has 108 valence electrons. The van der Waals surface area contributed by atoms with E-state index >= 15 is 0 Å². The Morgan fingerprint density at radius 3 is 2.70 bits per heavy atom. The average molecular weight is 284 g/mol.